The van der Waals surface area contributed by atoms with Crippen molar-refractivity contribution in [3.05, 3.63) is 40.7 Å². The SMILES string of the molecule is COC[C@@]1(OC)CCc2c(sc3ncnc(Nc4cc5cn[nH]c5cc4C)c23)C1. The van der Waals surface area contributed by atoms with E-state index >= 15 is 0 Å². The monoisotopic (exact) mass is 409 g/mol. The van der Waals surface area contributed by atoms with Crippen LogP contribution in [0.15, 0.2) is 24.7 Å². The van der Waals surface area contributed by atoms with Crippen molar-refractivity contribution in [3.63, 3.8) is 0 Å². The molecule has 5 rings (SSSR count). The highest BCUT2D eigenvalue weighted by Gasteiger charge is 2.37. The van der Waals surface area contributed by atoms with E-state index in [1.54, 1.807) is 31.9 Å². The molecule has 2 N–H and O–H groups in total. The van der Waals surface area contributed by atoms with Gasteiger partial charge in [0, 0.05) is 36.6 Å². The molecule has 3 aromatic heterocycles. The fourth-order valence-electron chi connectivity index (χ4n) is 4.25. The first-order valence-electron chi connectivity index (χ1n) is 9.62. The highest BCUT2D eigenvalue weighted by atomic mass is 32.1. The number of H-pyrrole nitrogens is 1. The van der Waals surface area contributed by atoms with E-state index in [-0.39, 0.29) is 5.60 Å². The van der Waals surface area contributed by atoms with Gasteiger partial charge in [-0.05, 0) is 43.0 Å². The number of hydrogen-bond acceptors (Lipinski definition) is 7. The number of nitrogens with zero attached hydrogens (tertiary/aromatic N) is 3. The van der Waals surface area contributed by atoms with Crippen molar-refractivity contribution in [2.45, 2.75) is 31.8 Å². The van der Waals surface area contributed by atoms with E-state index in [2.05, 4.69) is 44.5 Å². The van der Waals surface area contributed by atoms with Gasteiger partial charge < -0.3 is 14.8 Å². The maximum absolute atomic E-state index is 5.87. The molecule has 1 aliphatic carbocycles. The lowest BCUT2D eigenvalue weighted by molar-refractivity contribution is -0.0714. The Morgan fingerprint density at radius 2 is 2.17 bits per heavy atom. The summed E-state index contributed by atoms with van der Waals surface area (Å²) < 4.78 is 11.3. The number of nitrogens with one attached hydrogen (secondary N) is 2. The molecule has 1 aliphatic rings. The molecule has 1 aromatic carbocycles. The van der Waals surface area contributed by atoms with Gasteiger partial charge in [-0.1, -0.05) is 0 Å². The van der Waals surface area contributed by atoms with Crippen molar-refractivity contribution < 1.29 is 9.47 Å². The van der Waals surface area contributed by atoms with E-state index in [1.807, 2.05) is 6.20 Å². The maximum atomic E-state index is 5.87. The topological polar surface area (TPSA) is 84.9 Å². The standard InChI is InChI=1S/C21H23N5O2S/c1-12-6-16-13(9-24-26-16)7-15(12)25-19-18-14-4-5-21(28-3,10-27-2)8-17(14)29-20(18)23-11-22-19/h6-7,9,11H,4-5,8,10H2,1-3H3,(H,24,26)(H,22,23,25)/t21-/m1/s1. The summed E-state index contributed by atoms with van der Waals surface area (Å²) in [6, 6.07) is 4.21. The van der Waals surface area contributed by atoms with E-state index in [9.17, 15) is 0 Å². The van der Waals surface area contributed by atoms with Crippen LogP contribution >= 0.6 is 11.3 Å². The van der Waals surface area contributed by atoms with Crippen LogP contribution in [0.2, 0.25) is 0 Å². The van der Waals surface area contributed by atoms with Gasteiger partial charge in [-0.2, -0.15) is 5.10 Å². The van der Waals surface area contributed by atoms with Gasteiger partial charge in [0.1, 0.15) is 17.0 Å². The molecule has 0 unspecified atom stereocenters. The third-order valence-electron chi connectivity index (χ3n) is 5.86. The number of ether oxygens (including phenoxy) is 2. The normalized spacial score (nSPS) is 19.0. The molecule has 150 valence electrons. The Morgan fingerprint density at radius 3 is 3.00 bits per heavy atom. The van der Waals surface area contributed by atoms with Gasteiger partial charge in [-0.3, -0.25) is 5.10 Å². The van der Waals surface area contributed by atoms with Crippen molar-refractivity contribution in [2.24, 2.45) is 0 Å². The second-order valence-corrected chi connectivity index (χ2v) is 8.74. The number of methoxy groups -OCH3 is 2. The molecular formula is C21H23N5O2S. The van der Waals surface area contributed by atoms with Crippen molar-refractivity contribution in [3.8, 4) is 0 Å². The molecule has 0 bridgehead atoms. The summed E-state index contributed by atoms with van der Waals surface area (Å²) in [7, 11) is 3.51. The summed E-state index contributed by atoms with van der Waals surface area (Å²) >= 11 is 1.73. The van der Waals surface area contributed by atoms with Crippen LogP contribution in [-0.2, 0) is 22.3 Å². The predicted octanol–water partition coefficient (Wildman–Crippen LogP) is 4.14. The fourth-order valence-corrected chi connectivity index (χ4v) is 5.57. The van der Waals surface area contributed by atoms with Crippen LogP contribution in [0.4, 0.5) is 11.5 Å². The fraction of sp³-hybridized carbons (Fsp3) is 0.381. The van der Waals surface area contributed by atoms with Crippen molar-refractivity contribution >= 4 is 44.0 Å². The molecule has 0 saturated heterocycles. The summed E-state index contributed by atoms with van der Waals surface area (Å²) in [6.07, 6.45) is 6.16. The zero-order valence-corrected chi connectivity index (χ0v) is 17.5. The third kappa shape index (κ3) is 3.08. The van der Waals surface area contributed by atoms with E-state index in [0.29, 0.717) is 6.61 Å². The van der Waals surface area contributed by atoms with Gasteiger partial charge in [0.2, 0.25) is 0 Å². The zero-order valence-electron chi connectivity index (χ0n) is 16.7. The van der Waals surface area contributed by atoms with Gasteiger partial charge in [0.25, 0.3) is 0 Å². The van der Waals surface area contributed by atoms with Crippen LogP contribution in [-0.4, -0.2) is 46.6 Å². The molecule has 7 nitrogen and oxygen atoms in total. The second-order valence-electron chi connectivity index (χ2n) is 7.65. The molecule has 8 heteroatoms. The Kier molecular flexibility index (Phi) is 4.49. The third-order valence-corrected chi connectivity index (χ3v) is 7.00. The Morgan fingerprint density at radius 1 is 1.28 bits per heavy atom. The van der Waals surface area contributed by atoms with Crippen LogP contribution < -0.4 is 5.32 Å². The summed E-state index contributed by atoms with van der Waals surface area (Å²) in [4.78, 5) is 11.5. The quantitative estimate of drug-likeness (QED) is 0.515. The number of aromatic amines is 1. The first kappa shape index (κ1) is 18.5. The summed E-state index contributed by atoms with van der Waals surface area (Å²) in [5.74, 6) is 0.857. The first-order valence-corrected chi connectivity index (χ1v) is 10.4. The average molecular weight is 410 g/mol. The first-order chi connectivity index (χ1) is 14.1. The maximum Gasteiger partial charge on any atom is 0.142 e. The molecule has 0 fully saturated rings. The lowest BCUT2D eigenvalue weighted by Gasteiger charge is -2.35. The molecule has 3 heterocycles. The number of rotatable bonds is 5. The molecule has 0 aliphatic heterocycles. The number of fused-ring (bicyclic) bond motifs is 4. The minimum Gasteiger partial charge on any atom is -0.382 e. The molecule has 0 radical (unpaired) electrons. The molecule has 1 atom stereocenters. The lowest BCUT2D eigenvalue weighted by Crippen LogP contribution is -2.41. The molecule has 0 saturated carbocycles. The number of hydrogen-bond donors (Lipinski definition) is 2. The average Bonchev–Trinajstić information content (AvgIpc) is 3.32. The van der Waals surface area contributed by atoms with Crippen LogP contribution in [0.3, 0.4) is 0 Å². The Labute approximate surface area is 172 Å². The van der Waals surface area contributed by atoms with Crippen LogP contribution in [0, 0.1) is 6.92 Å². The number of aromatic nitrogens is 4. The van der Waals surface area contributed by atoms with Crippen molar-refractivity contribution in [1.29, 1.82) is 0 Å². The largest absolute Gasteiger partial charge is 0.382 e. The number of thiophene rings is 1. The Balaban J connectivity index is 1.56. The minimum atomic E-state index is -0.257. The van der Waals surface area contributed by atoms with E-state index in [4.69, 9.17) is 9.47 Å². The lowest BCUT2D eigenvalue weighted by atomic mass is 9.84. The second kappa shape index (κ2) is 7.05. The van der Waals surface area contributed by atoms with Crippen LogP contribution in [0.1, 0.15) is 22.4 Å². The number of aryl methyl sites for hydroxylation is 2. The molecular weight excluding hydrogens is 386 g/mol. The van der Waals surface area contributed by atoms with E-state index < -0.39 is 0 Å². The highest BCUT2D eigenvalue weighted by Crippen LogP contribution is 2.42. The molecule has 4 aromatic rings. The smallest absolute Gasteiger partial charge is 0.142 e. The zero-order chi connectivity index (χ0) is 20.0. The summed E-state index contributed by atoms with van der Waals surface area (Å²) in [6.45, 7) is 2.68. The van der Waals surface area contributed by atoms with Crippen molar-refractivity contribution in [2.75, 3.05) is 26.1 Å². The van der Waals surface area contributed by atoms with Crippen molar-refractivity contribution in [1.82, 2.24) is 20.2 Å². The predicted molar refractivity (Wildman–Crippen MR) is 115 cm³/mol. The Bertz CT molecular complexity index is 1200. The van der Waals surface area contributed by atoms with E-state index in [1.165, 1.54) is 10.4 Å². The van der Waals surface area contributed by atoms with Gasteiger partial charge in [-0.15, -0.1) is 11.3 Å². The highest BCUT2D eigenvalue weighted by molar-refractivity contribution is 7.19. The molecule has 29 heavy (non-hydrogen) atoms. The van der Waals surface area contributed by atoms with Crippen LogP contribution in [0.5, 0.6) is 0 Å². The molecule has 0 amide bonds. The van der Waals surface area contributed by atoms with Gasteiger partial charge >= 0.3 is 0 Å². The van der Waals surface area contributed by atoms with E-state index in [0.717, 1.165) is 57.5 Å². The van der Waals surface area contributed by atoms with Gasteiger partial charge in [0.15, 0.2) is 0 Å². The van der Waals surface area contributed by atoms with Gasteiger partial charge in [0.05, 0.1) is 29.3 Å². The molecule has 0 spiro atoms. The summed E-state index contributed by atoms with van der Waals surface area (Å²) in [5.41, 5.74) is 4.27. The Hall–Kier alpha value is -2.55. The summed E-state index contributed by atoms with van der Waals surface area (Å²) in [5, 5.41) is 12.9. The number of anilines is 2. The van der Waals surface area contributed by atoms with Crippen LogP contribution in [0.25, 0.3) is 21.1 Å². The van der Waals surface area contributed by atoms with Gasteiger partial charge in [-0.25, -0.2) is 9.97 Å². The number of benzene rings is 1. The minimum absolute atomic E-state index is 0.257.